The number of aryl methyl sites for hydroxylation is 1. The van der Waals surface area contributed by atoms with Crippen LogP contribution < -0.4 is 5.32 Å². The number of carbonyl (C=O) groups is 2. The van der Waals surface area contributed by atoms with E-state index >= 15 is 0 Å². The molecule has 0 saturated carbocycles. The summed E-state index contributed by atoms with van der Waals surface area (Å²) in [6.07, 6.45) is 2.63. The van der Waals surface area contributed by atoms with Crippen LogP contribution in [-0.4, -0.2) is 29.2 Å². The highest BCUT2D eigenvalue weighted by atomic mass is 32.1. The first-order valence-electron chi connectivity index (χ1n) is 8.62. The highest BCUT2D eigenvalue weighted by Crippen LogP contribution is 2.45. The molecule has 1 aromatic heterocycles. The second kappa shape index (κ2) is 6.85. The third kappa shape index (κ3) is 3.39. The maximum Gasteiger partial charge on any atom is 0.337 e. The van der Waals surface area contributed by atoms with Crippen molar-refractivity contribution in [1.29, 1.82) is 0 Å². The Morgan fingerprint density at radius 3 is 2.58 bits per heavy atom. The number of fused-ring (bicyclic) bond motifs is 1. The predicted octanol–water partition coefficient (Wildman–Crippen LogP) is 4.05. The molecule has 6 heteroatoms. The molecule has 138 valence electrons. The Labute approximate surface area is 156 Å². The topological polar surface area (TPSA) is 86.6 Å². The summed E-state index contributed by atoms with van der Waals surface area (Å²) in [5, 5.41) is 22.3. The number of benzene rings is 1. The van der Waals surface area contributed by atoms with E-state index in [4.69, 9.17) is 0 Å². The van der Waals surface area contributed by atoms with Gasteiger partial charge >= 0.3 is 11.9 Å². The Morgan fingerprint density at radius 1 is 1.23 bits per heavy atom. The van der Waals surface area contributed by atoms with Gasteiger partial charge in [0.2, 0.25) is 0 Å². The molecule has 3 rings (SSSR count). The zero-order valence-electron chi connectivity index (χ0n) is 15.2. The Hall–Kier alpha value is -2.18. The van der Waals surface area contributed by atoms with Crippen molar-refractivity contribution in [3.8, 4) is 10.4 Å². The van der Waals surface area contributed by atoms with Crippen molar-refractivity contribution in [2.75, 3.05) is 7.05 Å². The zero-order chi connectivity index (χ0) is 19.1. The second-order valence-corrected chi connectivity index (χ2v) is 8.67. The smallest absolute Gasteiger partial charge is 0.337 e. The summed E-state index contributed by atoms with van der Waals surface area (Å²) in [5.41, 5.74) is 3.11. The number of nitrogens with one attached hydrogen (secondary N) is 1. The first kappa shape index (κ1) is 18.6. The van der Waals surface area contributed by atoms with Gasteiger partial charge in [0, 0.05) is 16.3 Å². The van der Waals surface area contributed by atoms with Gasteiger partial charge in [0.1, 0.15) is 0 Å². The van der Waals surface area contributed by atoms with Gasteiger partial charge in [-0.1, -0.05) is 19.9 Å². The van der Waals surface area contributed by atoms with E-state index in [0.717, 1.165) is 35.3 Å². The molecule has 0 amide bonds. The highest BCUT2D eigenvalue weighted by Gasteiger charge is 2.33. The summed E-state index contributed by atoms with van der Waals surface area (Å²) in [7, 11) is 1.81. The normalized spacial score (nSPS) is 15.5. The van der Waals surface area contributed by atoms with Crippen molar-refractivity contribution < 1.29 is 19.8 Å². The Kier molecular flexibility index (Phi) is 4.90. The van der Waals surface area contributed by atoms with E-state index in [2.05, 4.69) is 19.2 Å². The lowest BCUT2D eigenvalue weighted by Crippen LogP contribution is -2.22. The lowest BCUT2D eigenvalue weighted by atomic mass is 9.76. The number of thiophene rings is 1. The van der Waals surface area contributed by atoms with Crippen LogP contribution in [0.3, 0.4) is 0 Å². The minimum absolute atomic E-state index is 0.0757. The molecule has 1 aliphatic rings. The van der Waals surface area contributed by atoms with E-state index < -0.39 is 11.9 Å². The molecule has 0 saturated heterocycles. The van der Waals surface area contributed by atoms with Gasteiger partial charge in [0.05, 0.1) is 11.1 Å². The van der Waals surface area contributed by atoms with Gasteiger partial charge in [-0.2, -0.15) is 0 Å². The number of aromatic carboxylic acids is 2. The van der Waals surface area contributed by atoms with Crippen molar-refractivity contribution in [1.82, 2.24) is 5.32 Å². The quantitative estimate of drug-likeness (QED) is 0.736. The van der Waals surface area contributed by atoms with Crippen molar-refractivity contribution in [3.63, 3.8) is 0 Å². The molecule has 1 aromatic carbocycles. The van der Waals surface area contributed by atoms with Gasteiger partial charge < -0.3 is 15.5 Å². The molecular weight excluding hydrogens is 350 g/mol. The van der Waals surface area contributed by atoms with Crippen molar-refractivity contribution in [3.05, 3.63) is 45.3 Å². The monoisotopic (exact) mass is 373 g/mol. The number of rotatable bonds is 5. The molecule has 0 aliphatic heterocycles. The molecule has 1 aliphatic carbocycles. The van der Waals surface area contributed by atoms with E-state index in [1.165, 1.54) is 11.3 Å². The van der Waals surface area contributed by atoms with Crippen molar-refractivity contribution >= 4 is 23.3 Å². The van der Waals surface area contributed by atoms with E-state index in [0.29, 0.717) is 22.5 Å². The summed E-state index contributed by atoms with van der Waals surface area (Å²) in [6, 6.07) is 4.93. The summed E-state index contributed by atoms with van der Waals surface area (Å²) < 4.78 is 0. The summed E-state index contributed by atoms with van der Waals surface area (Å²) in [4.78, 5) is 25.3. The molecule has 0 unspecified atom stereocenters. The van der Waals surface area contributed by atoms with Gasteiger partial charge in [-0.25, -0.2) is 9.59 Å². The van der Waals surface area contributed by atoms with Crippen LogP contribution in [-0.2, 0) is 19.4 Å². The van der Waals surface area contributed by atoms with E-state index in [1.807, 2.05) is 7.05 Å². The Morgan fingerprint density at radius 2 is 1.96 bits per heavy atom. The predicted molar refractivity (Wildman–Crippen MR) is 102 cm³/mol. The van der Waals surface area contributed by atoms with Gasteiger partial charge in [0.25, 0.3) is 0 Å². The molecular formula is C20H23NO4S. The third-order valence-corrected chi connectivity index (χ3v) is 6.28. The van der Waals surface area contributed by atoms with E-state index in [-0.39, 0.29) is 11.0 Å². The van der Waals surface area contributed by atoms with Gasteiger partial charge in [0.15, 0.2) is 0 Å². The number of hydrogen-bond donors (Lipinski definition) is 3. The SMILES string of the molecule is CNCc1ccc(C(=O)O)cc1-c1sc2c(c1C(=O)O)CC(C)(C)CC2. The van der Waals surface area contributed by atoms with Gasteiger partial charge in [-0.05, 0) is 60.5 Å². The standard InChI is InChI=1S/C20H23NO4S/c1-20(2)7-6-15-14(9-20)16(19(24)25)17(26-15)13-8-11(18(22)23)4-5-12(13)10-21-3/h4-5,8,21H,6-7,9-10H2,1-3H3,(H,22,23)(H,24,25). The number of carboxylic acid groups (broad SMARTS) is 2. The molecule has 1 heterocycles. The number of hydrogen-bond acceptors (Lipinski definition) is 4. The maximum atomic E-state index is 12.1. The molecule has 0 atom stereocenters. The minimum Gasteiger partial charge on any atom is -0.478 e. The summed E-state index contributed by atoms with van der Waals surface area (Å²) >= 11 is 1.50. The Bertz CT molecular complexity index is 882. The Balaban J connectivity index is 2.24. The fourth-order valence-corrected chi connectivity index (χ4v) is 4.96. The van der Waals surface area contributed by atoms with Crippen LogP contribution in [0.5, 0.6) is 0 Å². The summed E-state index contributed by atoms with van der Waals surface area (Å²) in [6.45, 7) is 4.87. The maximum absolute atomic E-state index is 12.1. The summed E-state index contributed by atoms with van der Waals surface area (Å²) in [5.74, 6) is -1.95. The average Bonchev–Trinajstić information content (AvgIpc) is 2.92. The fourth-order valence-electron chi connectivity index (χ4n) is 3.60. The zero-order valence-corrected chi connectivity index (χ0v) is 16.0. The molecule has 2 aromatic rings. The minimum atomic E-state index is -1.01. The molecule has 26 heavy (non-hydrogen) atoms. The van der Waals surface area contributed by atoms with Crippen LogP contribution in [0.4, 0.5) is 0 Å². The van der Waals surface area contributed by atoms with Crippen molar-refractivity contribution in [2.45, 2.75) is 39.7 Å². The fraction of sp³-hybridized carbons (Fsp3) is 0.400. The van der Waals surface area contributed by atoms with Crippen LogP contribution in [0.1, 0.15) is 57.0 Å². The lowest BCUT2D eigenvalue weighted by molar-refractivity contribution is 0.0686. The molecule has 5 nitrogen and oxygen atoms in total. The molecule has 0 spiro atoms. The van der Waals surface area contributed by atoms with E-state index in [1.54, 1.807) is 18.2 Å². The number of carboxylic acids is 2. The first-order chi connectivity index (χ1) is 12.2. The van der Waals surface area contributed by atoms with Crippen LogP contribution in [0.25, 0.3) is 10.4 Å². The molecule has 0 bridgehead atoms. The van der Waals surface area contributed by atoms with Crippen LogP contribution in [0.2, 0.25) is 0 Å². The second-order valence-electron chi connectivity index (χ2n) is 7.56. The largest absolute Gasteiger partial charge is 0.478 e. The van der Waals surface area contributed by atoms with Crippen LogP contribution in [0.15, 0.2) is 18.2 Å². The van der Waals surface area contributed by atoms with Crippen LogP contribution >= 0.6 is 11.3 Å². The molecule has 3 N–H and O–H groups in total. The highest BCUT2D eigenvalue weighted by molar-refractivity contribution is 7.16. The first-order valence-corrected chi connectivity index (χ1v) is 9.44. The molecule has 0 fully saturated rings. The average molecular weight is 373 g/mol. The van der Waals surface area contributed by atoms with Crippen molar-refractivity contribution in [2.24, 2.45) is 5.41 Å². The lowest BCUT2D eigenvalue weighted by Gasteiger charge is -2.29. The third-order valence-electron chi connectivity index (χ3n) is 4.96. The van der Waals surface area contributed by atoms with E-state index in [9.17, 15) is 19.8 Å². The molecule has 0 radical (unpaired) electrons. The van der Waals surface area contributed by atoms with Gasteiger partial charge in [-0.15, -0.1) is 11.3 Å². The van der Waals surface area contributed by atoms with Crippen LogP contribution in [0, 0.1) is 5.41 Å². The van der Waals surface area contributed by atoms with Gasteiger partial charge in [-0.3, -0.25) is 0 Å².